The van der Waals surface area contributed by atoms with Crippen LogP contribution in [0, 0.1) is 5.82 Å². The van der Waals surface area contributed by atoms with Gasteiger partial charge < -0.3 is 9.47 Å². The summed E-state index contributed by atoms with van der Waals surface area (Å²) in [5, 5.41) is 0.147. The number of carbonyl (C=O) groups is 2. The van der Waals surface area contributed by atoms with Crippen molar-refractivity contribution in [3.05, 3.63) is 58.4 Å². The molecule has 1 aliphatic rings. The fourth-order valence-corrected chi connectivity index (χ4v) is 2.52. The molecule has 0 saturated carbocycles. The number of fused-ring (bicyclic) bond motifs is 1. The molecule has 2 N–H and O–H groups in total. The van der Waals surface area contributed by atoms with Crippen LogP contribution in [-0.2, 0) is 11.2 Å². The molecular weight excluding hydrogens is 351 g/mol. The molecule has 0 atom stereocenters. The molecule has 1 aliphatic heterocycles. The maximum Gasteiger partial charge on any atom is 0.269 e. The zero-order valence-electron chi connectivity index (χ0n) is 13.0. The van der Waals surface area contributed by atoms with Gasteiger partial charge in [-0.15, -0.1) is 0 Å². The van der Waals surface area contributed by atoms with E-state index in [2.05, 4.69) is 10.9 Å². The minimum atomic E-state index is -0.599. The number of hydrogen-bond donors (Lipinski definition) is 2. The first-order chi connectivity index (χ1) is 12.0. The average molecular weight is 365 g/mol. The molecule has 130 valence electrons. The summed E-state index contributed by atoms with van der Waals surface area (Å²) in [5.41, 5.74) is 4.84. The molecule has 2 aromatic rings. The summed E-state index contributed by atoms with van der Waals surface area (Å²) in [6.07, 6.45) is -0.299. The van der Waals surface area contributed by atoms with Gasteiger partial charge in [-0.25, -0.2) is 4.39 Å². The third-order valence-corrected chi connectivity index (χ3v) is 3.87. The Hall–Kier alpha value is -2.80. The topological polar surface area (TPSA) is 76.7 Å². The molecule has 0 aliphatic carbocycles. The van der Waals surface area contributed by atoms with Gasteiger partial charge in [-0.1, -0.05) is 17.7 Å². The monoisotopic (exact) mass is 364 g/mol. The van der Waals surface area contributed by atoms with Crippen molar-refractivity contribution in [1.29, 1.82) is 0 Å². The van der Waals surface area contributed by atoms with Crippen LogP contribution in [0.1, 0.15) is 15.9 Å². The highest BCUT2D eigenvalue weighted by atomic mass is 35.5. The normalized spacial score (nSPS) is 12.4. The summed E-state index contributed by atoms with van der Waals surface area (Å²) >= 11 is 5.87. The Morgan fingerprint density at radius 3 is 2.60 bits per heavy atom. The van der Waals surface area contributed by atoms with E-state index in [1.54, 1.807) is 12.1 Å². The molecule has 0 fully saturated rings. The standard InChI is InChI=1S/C17H14ClFN2O4/c18-12-2-1-3-13(19)11(12)9-16(22)20-21-17(23)10-4-5-14-15(8-10)25-7-6-24-14/h1-5,8H,6-7,9H2,(H,20,22)(H,21,23). The van der Waals surface area contributed by atoms with Gasteiger partial charge in [0, 0.05) is 16.1 Å². The van der Waals surface area contributed by atoms with E-state index >= 15 is 0 Å². The predicted molar refractivity (Wildman–Crippen MR) is 88.2 cm³/mol. The van der Waals surface area contributed by atoms with Crippen molar-refractivity contribution >= 4 is 23.4 Å². The van der Waals surface area contributed by atoms with Crippen molar-refractivity contribution in [3.63, 3.8) is 0 Å². The van der Waals surface area contributed by atoms with Crippen molar-refractivity contribution in [2.45, 2.75) is 6.42 Å². The van der Waals surface area contributed by atoms with Gasteiger partial charge in [0.1, 0.15) is 19.0 Å². The highest BCUT2D eigenvalue weighted by molar-refractivity contribution is 6.31. The lowest BCUT2D eigenvalue weighted by molar-refractivity contribution is -0.121. The Bertz CT molecular complexity index is 808. The molecule has 2 amide bonds. The minimum Gasteiger partial charge on any atom is -0.486 e. The molecule has 8 heteroatoms. The zero-order chi connectivity index (χ0) is 17.8. The lowest BCUT2D eigenvalue weighted by atomic mass is 10.1. The number of benzene rings is 2. The van der Waals surface area contributed by atoms with Gasteiger partial charge >= 0.3 is 0 Å². The van der Waals surface area contributed by atoms with Crippen LogP contribution >= 0.6 is 11.6 Å². The van der Waals surface area contributed by atoms with Gasteiger partial charge in [0.05, 0.1) is 6.42 Å². The van der Waals surface area contributed by atoms with Crippen molar-refractivity contribution in [1.82, 2.24) is 10.9 Å². The molecule has 2 aromatic carbocycles. The van der Waals surface area contributed by atoms with Crippen molar-refractivity contribution in [3.8, 4) is 11.5 Å². The summed E-state index contributed by atoms with van der Waals surface area (Å²) in [7, 11) is 0. The Labute approximate surface area is 147 Å². The molecule has 0 aromatic heterocycles. The Morgan fingerprint density at radius 2 is 1.84 bits per heavy atom. The highest BCUT2D eigenvalue weighted by Gasteiger charge is 2.16. The number of ether oxygens (including phenoxy) is 2. The first-order valence-corrected chi connectivity index (χ1v) is 7.84. The van der Waals surface area contributed by atoms with E-state index in [0.717, 1.165) is 0 Å². The number of amides is 2. The molecule has 0 spiro atoms. The molecule has 0 saturated heterocycles. The first kappa shape index (κ1) is 17.0. The van der Waals surface area contributed by atoms with Crippen LogP contribution in [0.3, 0.4) is 0 Å². The SMILES string of the molecule is O=C(Cc1c(F)cccc1Cl)NNC(=O)c1ccc2c(c1)OCCO2. The third-order valence-electron chi connectivity index (χ3n) is 3.52. The maximum absolute atomic E-state index is 13.7. The van der Waals surface area contributed by atoms with Crippen molar-refractivity contribution < 1.29 is 23.5 Å². The van der Waals surface area contributed by atoms with Gasteiger partial charge in [0.25, 0.3) is 5.91 Å². The van der Waals surface area contributed by atoms with Gasteiger partial charge in [-0.2, -0.15) is 0 Å². The molecular formula is C17H14ClFN2O4. The summed E-state index contributed by atoms with van der Waals surface area (Å²) in [4.78, 5) is 24.0. The van der Waals surface area contributed by atoms with Crippen LogP contribution in [0.25, 0.3) is 0 Å². The fourth-order valence-electron chi connectivity index (χ4n) is 2.29. The highest BCUT2D eigenvalue weighted by Crippen LogP contribution is 2.30. The van der Waals surface area contributed by atoms with Gasteiger partial charge in [0.2, 0.25) is 5.91 Å². The average Bonchev–Trinajstić information content (AvgIpc) is 2.62. The number of halogens is 2. The lowest BCUT2D eigenvalue weighted by Crippen LogP contribution is -2.42. The second kappa shape index (κ2) is 7.40. The van der Waals surface area contributed by atoms with Crippen molar-refractivity contribution in [2.75, 3.05) is 13.2 Å². The van der Waals surface area contributed by atoms with E-state index in [-0.39, 0.29) is 22.6 Å². The van der Waals surface area contributed by atoms with Crippen LogP contribution in [0.4, 0.5) is 4.39 Å². The van der Waals surface area contributed by atoms with Crippen LogP contribution in [0.5, 0.6) is 11.5 Å². The zero-order valence-corrected chi connectivity index (χ0v) is 13.7. The molecule has 0 radical (unpaired) electrons. The van der Waals surface area contributed by atoms with E-state index in [4.69, 9.17) is 21.1 Å². The molecule has 0 bridgehead atoms. The number of hydrazine groups is 1. The van der Waals surface area contributed by atoms with E-state index in [9.17, 15) is 14.0 Å². The largest absolute Gasteiger partial charge is 0.486 e. The Morgan fingerprint density at radius 1 is 1.08 bits per heavy atom. The number of carbonyl (C=O) groups excluding carboxylic acids is 2. The summed E-state index contributed by atoms with van der Waals surface area (Å²) in [6, 6.07) is 8.82. The minimum absolute atomic E-state index is 0.0650. The van der Waals surface area contributed by atoms with Crippen LogP contribution in [0.2, 0.25) is 5.02 Å². The molecule has 25 heavy (non-hydrogen) atoms. The van der Waals surface area contributed by atoms with Crippen molar-refractivity contribution in [2.24, 2.45) is 0 Å². The second-order valence-corrected chi connectivity index (χ2v) is 5.64. The molecule has 0 unspecified atom stereocenters. The maximum atomic E-state index is 13.7. The molecule has 1 heterocycles. The summed E-state index contributed by atoms with van der Waals surface area (Å²) < 4.78 is 24.4. The van der Waals surface area contributed by atoms with Gasteiger partial charge in [0.15, 0.2) is 11.5 Å². The lowest BCUT2D eigenvalue weighted by Gasteiger charge is -2.18. The van der Waals surface area contributed by atoms with Crippen LogP contribution in [0.15, 0.2) is 36.4 Å². The Balaban J connectivity index is 1.59. The van der Waals surface area contributed by atoms with E-state index in [1.807, 2.05) is 0 Å². The van der Waals surface area contributed by atoms with Gasteiger partial charge in [-0.3, -0.25) is 20.4 Å². The summed E-state index contributed by atoms with van der Waals surface area (Å²) in [6.45, 7) is 0.853. The summed E-state index contributed by atoms with van der Waals surface area (Å²) in [5.74, 6) is -0.701. The van der Waals surface area contributed by atoms with Crippen LogP contribution in [-0.4, -0.2) is 25.0 Å². The smallest absolute Gasteiger partial charge is 0.269 e. The number of rotatable bonds is 3. The van der Waals surface area contributed by atoms with E-state index < -0.39 is 17.6 Å². The quantitative estimate of drug-likeness (QED) is 0.819. The van der Waals surface area contributed by atoms with Gasteiger partial charge in [-0.05, 0) is 30.3 Å². The Kier molecular flexibility index (Phi) is 5.04. The predicted octanol–water partition coefficient (Wildman–Crippen LogP) is 2.25. The fraction of sp³-hybridized carbons (Fsp3) is 0.176. The number of hydrogen-bond acceptors (Lipinski definition) is 4. The van der Waals surface area contributed by atoms with E-state index in [1.165, 1.54) is 24.3 Å². The van der Waals surface area contributed by atoms with Crippen LogP contribution < -0.4 is 20.3 Å². The van der Waals surface area contributed by atoms with E-state index in [0.29, 0.717) is 24.7 Å². The molecule has 6 nitrogen and oxygen atoms in total. The molecule has 3 rings (SSSR count). The third kappa shape index (κ3) is 4.00. The number of nitrogens with one attached hydrogen (secondary N) is 2. The second-order valence-electron chi connectivity index (χ2n) is 5.24. The first-order valence-electron chi connectivity index (χ1n) is 7.46.